The molecule has 1 aromatic heterocycles. The lowest BCUT2D eigenvalue weighted by molar-refractivity contribution is -0.117. The molecule has 1 aromatic carbocycles. The van der Waals surface area contributed by atoms with Crippen molar-refractivity contribution in [2.45, 2.75) is 13.3 Å². The van der Waals surface area contributed by atoms with Gasteiger partial charge in [0, 0.05) is 29.8 Å². The minimum Gasteiger partial charge on any atom is -0.288 e. The highest BCUT2D eigenvalue weighted by Gasteiger charge is 2.31. The van der Waals surface area contributed by atoms with E-state index in [-0.39, 0.29) is 11.8 Å². The Balaban J connectivity index is 1.83. The van der Waals surface area contributed by atoms with Crippen molar-refractivity contribution >= 4 is 34.0 Å². The standard InChI is InChI=1S/C15H15ClN2OS/c1-10-2-4-12(5-3-10)13-9-20-15(17-13)18-8-11(7-16)6-14(18)19/h2-5,9,11H,6-8H2,1H3. The van der Waals surface area contributed by atoms with E-state index in [0.29, 0.717) is 18.8 Å². The van der Waals surface area contributed by atoms with E-state index in [1.807, 2.05) is 5.38 Å². The van der Waals surface area contributed by atoms with E-state index in [1.165, 1.54) is 16.9 Å². The van der Waals surface area contributed by atoms with Crippen molar-refractivity contribution in [3.05, 3.63) is 35.2 Å². The van der Waals surface area contributed by atoms with Gasteiger partial charge in [0.05, 0.1) is 5.69 Å². The van der Waals surface area contributed by atoms with Gasteiger partial charge in [-0.15, -0.1) is 22.9 Å². The highest BCUT2D eigenvalue weighted by atomic mass is 35.5. The number of alkyl halides is 1. The Morgan fingerprint density at radius 1 is 1.40 bits per heavy atom. The summed E-state index contributed by atoms with van der Waals surface area (Å²) >= 11 is 7.36. The first-order chi connectivity index (χ1) is 9.67. The number of hydrogen-bond donors (Lipinski definition) is 0. The van der Waals surface area contributed by atoms with Crippen LogP contribution in [0, 0.1) is 12.8 Å². The summed E-state index contributed by atoms with van der Waals surface area (Å²) in [5, 5.41) is 2.78. The van der Waals surface area contributed by atoms with Gasteiger partial charge in [0.2, 0.25) is 5.91 Å². The third-order valence-electron chi connectivity index (χ3n) is 3.49. The zero-order valence-electron chi connectivity index (χ0n) is 11.2. The van der Waals surface area contributed by atoms with E-state index >= 15 is 0 Å². The number of carbonyl (C=O) groups is 1. The van der Waals surface area contributed by atoms with Crippen molar-refractivity contribution in [2.24, 2.45) is 5.92 Å². The maximum Gasteiger partial charge on any atom is 0.229 e. The van der Waals surface area contributed by atoms with E-state index in [2.05, 4.69) is 36.2 Å². The summed E-state index contributed by atoms with van der Waals surface area (Å²) in [6, 6.07) is 8.25. The van der Waals surface area contributed by atoms with Gasteiger partial charge < -0.3 is 0 Å². The van der Waals surface area contributed by atoms with Crippen LogP contribution >= 0.6 is 22.9 Å². The number of aromatic nitrogens is 1. The molecule has 104 valence electrons. The summed E-state index contributed by atoms with van der Waals surface area (Å²) in [4.78, 5) is 18.3. The van der Waals surface area contributed by atoms with Crippen LogP contribution in [0.2, 0.25) is 0 Å². The Morgan fingerprint density at radius 3 is 2.80 bits per heavy atom. The molecule has 0 N–H and O–H groups in total. The lowest BCUT2D eigenvalue weighted by atomic mass is 10.1. The maximum absolute atomic E-state index is 12.0. The molecule has 1 aliphatic rings. The highest BCUT2D eigenvalue weighted by molar-refractivity contribution is 7.14. The Bertz CT molecular complexity index is 623. The van der Waals surface area contributed by atoms with Gasteiger partial charge in [-0.2, -0.15) is 0 Å². The molecule has 0 bridgehead atoms. The SMILES string of the molecule is Cc1ccc(-c2csc(N3CC(CCl)CC3=O)n2)cc1. The maximum atomic E-state index is 12.0. The number of halogens is 1. The first kappa shape index (κ1) is 13.6. The van der Waals surface area contributed by atoms with Crippen LogP contribution < -0.4 is 4.90 Å². The van der Waals surface area contributed by atoms with Crippen molar-refractivity contribution in [3.8, 4) is 11.3 Å². The van der Waals surface area contributed by atoms with Crippen LogP contribution in [0.25, 0.3) is 11.3 Å². The molecule has 20 heavy (non-hydrogen) atoms. The minimum atomic E-state index is 0.125. The summed E-state index contributed by atoms with van der Waals surface area (Å²) in [7, 11) is 0. The van der Waals surface area contributed by atoms with Crippen LogP contribution in [-0.4, -0.2) is 23.3 Å². The van der Waals surface area contributed by atoms with Gasteiger partial charge in [-0.1, -0.05) is 29.8 Å². The predicted octanol–water partition coefficient (Wildman–Crippen LogP) is 3.71. The predicted molar refractivity (Wildman–Crippen MR) is 83.5 cm³/mol. The number of carbonyl (C=O) groups excluding carboxylic acids is 1. The van der Waals surface area contributed by atoms with E-state index in [0.717, 1.165) is 16.4 Å². The van der Waals surface area contributed by atoms with Crippen molar-refractivity contribution < 1.29 is 4.79 Å². The van der Waals surface area contributed by atoms with Crippen molar-refractivity contribution in [1.29, 1.82) is 0 Å². The topological polar surface area (TPSA) is 33.2 Å². The van der Waals surface area contributed by atoms with Crippen molar-refractivity contribution in [3.63, 3.8) is 0 Å². The fraction of sp³-hybridized carbons (Fsp3) is 0.333. The molecular formula is C15H15ClN2OS. The van der Waals surface area contributed by atoms with E-state index in [1.54, 1.807) is 4.90 Å². The molecule has 0 aliphatic carbocycles. The molecule has 2 heterocycles. The Hall–Kier alpha value is -1.39. The van der Waals surface area contributed by atoms with Gasteiger partial charge in [-0.25, -0.2) is 4.98 Å². The van der Waals surface area contributed by atoms with Crippen LogP contribution in [-0.2, 0) is 4.79 Å². The number of nitrogens with zero attached hydrogens (tertiary/aromatic N) is 2. The summed E-state index contributed by atoms with van der Waals surface area (Å²) in [6.07, 6.45) is 0.531. The smallest absolute Gasteiger partial charge is 0.229 e. The van der Waals surface area contributed by atoms with E-state index < -0.39 is 0 Å². The lowest BCUT2D eigenvalue weighted by Crippen LogP contribution is -2.24. The van der Waals surface area contributed by atoms with Crippen LogP contribution in [0.1, 0.15) is 12.0 Å². The second-order valence-corrected chi connectivity index (χ2v) is 6.26. The number of amides is 1. The Morgan fingerprint density at radius 2 is 2.15 bits per heavy atom. The second-order valence-electron chi connectivity index (χ2n) is 5.11. The number of benzene rings is 1. The largest absolute Gasteiger partial charge is 0.288 e. The monoisotopic (exact) mass is 306 g/mol. The lowest BCUT2D eigenvalue weighted by Gasteiger charge is -2.11. The first-order valence-electron chi connectivity index (χ1n) is 6.56. The average molecular weight is 307 g/mol. The van der Waals surface area contributed by atoms with Crippen molar-refractivity contribution in [2.75, 3.05) is 17.3 Å². The zero-order valence-corrected chi connectivity index (χ0v) is 12.7. The number of aryl methyl sites for hydroxylation is 1. The summed E-state index contributed by atoms with van der Waals surface area (Å²) in [5.41, 5.74) is 3.23. The second kappa shape index (κ2) is 5.54. The molecule has 3 rings (SSSR count). The first-order valence-corrected chi connectivity index (χ1v) is 7.97. The molecule has 2 aromatic rings. The summed E-state index contributed by atoms with van der Waals surface area (Å²) in [6.45, 7) is 2.74. The van der Waals surface area contributed by atoms with Crippen LogP contribution in [0.15, 0.2) is 29.6 Å². The van der Waals surface area contributed by atoms with Crippen molar-refractivity contribution in [1.82, 2.24) is 4.98 Å². The Labute approximate surface area is 127 Å². The summed E-state index contributed by atoms with van der Waals surface area (Å²) in [5.74, 6) is 0.898. The van der Waals surface area contributed by atoms with Gasteiger partial charge >= 0.3 is 0 Å². The normalized spacial score (nSPS) is 18.8. The zero-order chi connectivity index (χ0) is 14.1. The highest BCUT2D eigenvalue weighted by Crippen LogP contribution is 2.31. The molecule has 0 spiro atoms. The third kappa shape index (κ3) is 2.58. The number of hydrogen-bond acceptors (Lipinski definition) is 3. The number of thiazole rings is 1. The third-order valence-corrected chi connectivity index (χ3v) is 4.79. The molecule has 5 heteroatoms. The van der Waals surface area contributed by atoms with Crippen LogP contribution in [0.4, 0.5) is 5.13 Å². The van der Waals surface area contributed by atoms with Gasteiger partial charge in [0.25, 0.3) is 0 Å². The molecule has 1 saturated heterocycles. The Kier molecular flexibility index (Phi) is 3.76. The van der Waals surface area contributed by atoms with Crippen LogP contribution in [0.5, 0.6) is 0 Å². The number of rotatable bonds is 3. The summed E-state index contributed by atoms with van der Waals surface area (Å²) < 4.78 is 0. The quantitative estimate of drug-likeness (QED) is 0.810. The van der Waals surface area contributed by atoms with Gasteiger partial charge in [0.15, 0.2) is 5.13 Å². The van der Waals surface area contributed by atoms with E-state index in [9.17, 15) is 4.79 Å². The molecule has 0 saturated carbocycles. The molecule has 1 fully saturated rings. The number of anilines is 1. The molecule has 1 aliphatic heterocycles. The molecule has 3 nitrogen and oxygen atoms in total. The molecule has 1 unspecified atom stereocenters. The van der Waals surface area contributed by atoms with Gasteiger partial charge in [-0.3, -0.25) is 9.69 Å². The van der Waals surface area contributed by atoms with Crippen LogP contribution in [0.3, 0.4) is 0 Å². The molecular weight excluding hydrogens is 292 g/mol. The van der Waals surface area contributed by atoms with Gasteiger partial charge in [0.1, 0.15) is 0 Å². The molecule has 0 radical (unpaired) electrons. The van der Waals surface area contributed by atoms with E-state index in [4.69, 9.17) is 11.6 Å². The average Bonchev–Trinajstić information content (AvgIpc) is 3.06. The fourth-order valence-corrected chi connectivity index (χ4v) is 3.38. The molecule has 1 atom stereocenters. The minimum absolute atomic E-state index is 0.125. The van der Waals surface area contributed by atoms with Gasteiger partial charge in [-0.05, 0) is 12.8 Å². The fourth-order valence-electron chi connectivity index (χ4n) is 2.31. The molecule has 1 amide bonds.